The predicted molar refractivity (Wildman–Crippen MR) is 125 cm³/mol. The van der Waals surface area contributed by atoms with Gasteiger partial charge < -0.3 is 9.84 Å². The average Bonchev–Trinajstić information content (AvgIpc) is 2.78. The van der Waals surface area contributed by atoms with Crippen LogP contribution in [0.5, 0.6) is 11.5 Å². The quantitative estimate of drug-likeness (QED) is 0.289. The summed E-state index contributed by atoms with van der Waals surface area (Å²) in [7, 11) is 0. The third kappa shape index (κ3) is 6.77. The highest BCUT2D eigenvalue weighted by Gasteiger charge is 2.13. The molecule has 0 saturated carbocycles. The van der Waals surface area contributed by atoms with Crippen molar-refractivity contribution >= 4 is 23.5 Å². The smallest absolute Gasteiger partial charge is 0.277 e. The van der Waals surface area contributed by atoms with Crippen molar-refractivity contribution in [2.45, 2.75) is 26.2 Å². The molecule has 0 bridgehead atoms. The first-order valence-electron chi connectivity index (χ1n) is 10.2. The molecule has 7 nitrogen and oxygen atoms in total. The van der Waals surface area contributed by atoms with E-state index in [1.807, 2.05) is 54.6 Å². The molecule has 3 aromatic rings. The van der Waals surface area contributed by atoms with Gasteiger partial charge in [-0.2, -0.15) is 15.3 Å². The lowest BCUT2D eigenvalue weighted by atomic mass is 9.87. The minimum atomic E-state index is -0.416. The summed E-state index contributed by atoms with van der Waals surface area (Å²) in [6, 6.07) is 21.7. The van der Waals surface area contributed by atoms with E-state index in [1.165, 1.54) is 17.8 Å². The second-order valence-corrected chi connectivity index (χ2v) is 8.13. The molecule has 32 heavy (non-hydrogen) atoms. The van der Waals surface area contributed by atoms with Gasteiger partial charge in [0.15, 0.2) is 6.61 Å². The summed E-state index contributed by atoms with van der Waals surface area (Å²) in [5.74, 6) is 0.198. The highest BCUT2D eigenvalue weighted by molar-refractivity contribution is 5.86. The second kappa shape index (κ2) is 10.3. The third-order valence-corrected chi connectivity index (χ3v) is 4.53. The Hall–Kier alpha value is -4.00. The highest BCUT2D eigenvalue weighted by atomic mass is 16.5. The highest BCUT2D eigenvalue weighted by Crippen LogP contribution is 2.25. The predicted octanol–water partition coefficient (Wildman–Crippen LogP) is 5.63. The molecule has 0 unspecified atom stereocenters. The number of hydrazone groups is 1. The fraction of sp³-hybridized carbons (Fsp3) is 0.200. The van der Waals surface area contributed by atoms with Gasteiger partial charge in [-0.15, -0.1) is 0 Å². The zero-order valence-electron chi connectivity index (χ0n) is 18.3. The van der Waals surface area contributed by atoms with Gasteiger partial charge in [0, 0.05) is 5.56 Å². The van der Waals surface area contributed by atoms with Gasteiger partial charge in [0.1, 0.15) is 11.5 Å². The van der Waals surface area contributed by atoms with Gasteiger partial charge in [0.2, 0.25) is 0 Å². The zero-order chi connectivity index (χ0) is 23.0. The van der Waals surface area contributed by atoms with E-state index in [-0.39, 0.29) is 17.8 Å². The number of ether oxygens (including phenoxy) is 1. The molecule has 3 rings (SSSR count). The lowest BCUT2D eigenvalue weighted by molar-refractivity contribution is -0.123. The maximum atomic E-state index is 12.0. The maximum absolute atomic E-state index is 12.0. The normalized spacial score (nSPS) is 11.7. The number of azo groups is 1. The molecule has 0 aliphatic rings. The fourth-order valence-electron chi connectivity index (χ4n) is 2.72. The van der Waals surface area contributed by atoms with Crippen molar-refractivity contribution in [1.29, 1.82) is 0 Å². The number of nitrogens with zero attached hydrogens (tertiary/aromatic N) is 3. The Balaban J connectivity index is 1.53. The van der Waals surface area contributed by atoms with E-state index in [2.05, 4.69) is 41.5 Å². The van der Waals surface area contributed by atoms with Crippen LogP contribution in [0.15, 0.2) is 88.1 Å². The summed E-state index contributed by atoms with van der Waals surface area (Å²) in [5.41, 5.74) is 5.28. The molecule has 0 fully saturated rings. The van der Waals surface area contributed by atoms with Gasteiger partial charge >= 0.3 is 0 Å². The van der Waals surface area contributed by atoms with Crippen LogP contribution in [0.1, 0.15) is 31.9 Å². The van der Waals surface area contributed by atoms with Crippen molar-refractivity contribution in [2.24, 2.45) is 15.3 Å². The number of phenols is 1. The monoisotopic (exact) mass is 430 g/mol. The first-order chi connectivity index (χ1) is 15.3. The minimum Gasteiger partial charge on any atom is -0.507 e. The van der Waals surface area contributed by atoms with Gasteiger partial charge in [0.25, 0.3) is 5.91 Å². The van der Waals surface area contributed by atoms with Crippen LogP contribution >= 0.6 is 0 Å². The summed E-state index contributed by atoms with van der Waals surface area (Å²) in [4.78, 5) is 12.0. The van der Waals surface area contributed by atoms with Gasteiger partial charge in [-0.05, 0) is 53.4 Å². The first kappa shape index (κ1) is 22.7. The lowest BCUT2D eigenvalue weighted by Crippen LogP contribution is -2.24. The van der Waals surface area contributed by atoms with E-state index in [0.717, 1.165) is 5.69 Å². The molecule has 164 valence electrons. The minimum absolute atomic E-state index is 0.0110. The number of amides is 1. The molecule has 0 heterocycles. The van der Waals surface area contributed by atoms with Gasteiger partial charge in [0.05, 0.1) is 17.6 Å². The van der Waals surface area contributed by atoms with Crippen molar-refractivity contribution in [2.75, 3.05) is 6.61 Å². The Morgan fingerprint density at radius 3 is 2.34 bits per heavy atom. The summed E-state index contributed by atoms with van der Waals surface area (Å²) < 4.78 is 5.49. The molecule has 1 amide bonds. The van der Waals surface area contributed by atoms with Crippen molar-refractivity contribution in [3.8, 4) is 11.5 Å². The molecule has 0 aromatic heterocycles. The summed E-state index contributed by atoms with van der Waals surface area (Å²) >= 11 is 0. The van der Waals surface area contributed by atoms with Crippen molar-refractivity contribution in [1.82, 2.24) is 5.43 Å². The Morgan fingerprint density at radius 2 is 1.66 bits per heavy atom. The molecule has 0 aliphatic heterocycles. The molecule has 0 spiro atoms. The lowest BCUT2D eigenvalue weighted by Gasteiger charge is -2.19. The van der Waals surface area contributed by atoms with E-state index in [4.69, 9.17) is 4.74 Å². The number of nitrogens with one attached hydrogen (secondary N) is 1. The van der Waals surface area contributed by atoms with E-state index in [0.29, 0.717) is 17.0 Å². The van der Waals surface area contributed by atoms with Crippen LogP contribution in [0, 0.1) is 0 Å². The van der Waals surface area contributed by atoms with Crippen LogP contribution < -0.4 is 10.2 Å². The number of benzene rings is 3. The van der Waals surface area contributed by atoms with Crippen molar-refractivity contribution < 1.29 is 14.6 Å². The number of aromatic hydroxyl groups is 1. The maximum Gasteiger partial charge on any atom is 0.277 e. The zero-order valence-corrected chi connectivity index (χ0v) is 18.3. The van der Waals surface area contributed by atoms with Crippen LogP contribution in [0.3, 0.4) is 0 Å². The van der Waals surface area contributed by atoms with Crippen LogP contribution in [0.2, 0.25) is 0 Å². The fourth-order valence-corrected chi connectivity index (χ4v) is 2.72. The third-order valence-electron chi connectivity index (χ3n) is 4.53. The van der Waals surface area contributed by atoms with Crippen LogP contribution in [-0.2, 0) is 10.2 Å². The molecular weight excluding hydrogens is 404 g/mol. The van der Waals surface area contributed by atoms with Crippen LogP contribution in [0.25, 0.3) is 0 Å². The molecule has 0 atom stereocenters. The van der Waals surface area contributed by atoms with E-state index >= 15 is 0 Å². The van der Waals surface area contributed by atoms with Crippen LogP contribution in [0.4, 0.5) is 11.4 Å². The van der Waals surface area contributed by atoms with Gasteiger partial charge in [-0.3, -0.25) is 4.79 Å². The molecule has 2 N–H and O–H groups in total. The topological polar surface area (TPSA) is 95.6 Å². The SMILES string of the molecule is CC(C)(C)c1ccc(OCC(=O)N/N=C\c2cc(N=Nc3ccccc3)ccc2O)cc1. The molecule has 0 radical (unpaired) electrons. The van der Waals surface area contributed by atoms with E-state index < -0.39 is 5.91 Å². The molecular formula is C25H26N4O3. The van der Waals surface area contributed by atoms with E-state index in [1.54, 1.807) is 12.1 Å². The number of phenolic OH excluding ortho intramolecular Hbond substituents is 1. The Labute approximate surface area is 187 Å². The van der Waals surface area contributed by atoms with E-state index in [9.17, 15) is 9.90 Å². The number of rotatable bonds is 7. The molecule has 0 aliphatic carbocycles. The van der Waals surface area contributed by atoms with Crippen molar-refractivity contribution in [3.05, 3.63) is 83.9 Å². The number of hydrogen-bond acceptors (Lipinski definition) is 6. The first-order valence-corrected chi connectivity index (χ1v) is 10.2. The summed E-state index contributed by atoms with van der Waals surface area (Å²) in [6.45, 7) is 6.22. The molecule has 0 saturated heterocycles. The number of carbonyl (C=O) groups excluding carboxylic acids is 1. The summed E-state index contributed by atoms with van der Waals surface area (Å²) in [5, 5.41) is 22.2. The molecule has 7 heteroatoms. The second-order valence-electron chi connectivity index (χ2n) is 8.13. The Kier molecular flexibility index (Phi) is 7.33. The molecule has 3 aromatic carbocycles. The van der Waals surface area contributed by atoms with Gasteiger partial charge in [-0.25, -0.2) is 5.43 Å². The Bertz CT molecular complexity index is 1100. The van der Waals surface area contributed by atoms with Crippen molar-refractivity contribution in [3.63, 3.8) is 0 Å². The standard InChI is InChI=1S/C25H26N4O3/c1-25(2,3)19-9-12-22(13-10-19)32-17-24(31)29-26-16-18-15-21(11-14-23(18)30)28-27-20-7-5-4-6-8-20/h4-16,30H,17H2,1-3H3,(H,29,31)/b26-16-,28-27?. The average molecular weight is 431 g/mol. The largest absolute Gasteiger partial charge is 0.507 e. The van der Waals surface area contributed by atoms with Crippen LogP contribution in [-0.4, -0.2) is 23.8 Å². The Morgan fingerprint density at radius 1 is 0.969 bits per heavy atom. The number of hydrogen-bond donors (Lipinski definition) is 2. The summed E-state index contributed by atoms with van der Waals surface area (Å²) in [6.07, 6.45) is 1.34. The number of carbonyl (C=O) groups is 1. The van der Waals surface area contributed by atoms with Gasteiger partial charge in [-0.1, -0.05) is 51.1 Å².